The van der Waals surface area contributed by atoms with Gasteiger partial charge in [0.1, 0.15) is 8.80 Å². The van der Waals surface area contributed by atoms with Gasteiger partial charge in [-0.25, -0.2) is 4.57 Å². The maximum atomic E-state index is 8.88. The standard InChI is InChI=1S/C16H20Si.H3O4P/c1-16(2,3)17(14-10-6-4-7-11-14)15-12-8-5-9-13-15;1-5(2,3)4/h4-13,17H,1-3H3;(H3,1,2,3,4). The van der Waals surface area contributed by atoms with Crippen LogP contribution in [0.15, 0.2) is 60.7 Å². The molecule has 3 N–H and O–H groups in total. The SMILES string of the molecule is CC(C)(C)[SiH](c1ccccc1)c1ccccc1.O=P(O)(O)O. The van der Waals surface area contributed by atoms with Crippen molar-refractivity contribution in [2.24, 2.45) is 0 Å². The van der Waals surface area contributed by atoms with E-state index in [9.17, 15) is 0 Å². The van der Waals surface area contributed by atoms with Crippen molar-refractivity contribution in [1.29, 1.82) is 0 Å². The zero-order valence-corrected chi connectivity index (χ0v) is 15.1. The Labute approximate surface area is 133 Å². The predicted molar refractivity (Wildman–Crippen MR) is 93.3 cm³/mol. The van der Waals surface area contributed by atoms with Gasteiger partial charge in [-0.1, -0.05) is 91.8 Å². The number of rotatable bonds is 2. The molecule has 2 aromatic rings. The first-order chi connectivity index (χ1) is 10.1. The van der Waals surface area contributed by atoms with Gasteiger partial charge in [-0.3, -0.25) is 0 Å². The molecule has 0 fully saturated rings. The first-order valence-electron chi connectivity index (χ1n) is 6.97. The third kappa shape index (κ3) is 7.16. The van der Waals surface area contributed by atoms with E-state index in [4.69, 9.17) is 19.2 Å². The smallest absolute Gasteiger partial charge is 0.303 e. The molecule has 0 saturated carbocycles. The van der Waals surface area contributed by atoms with E-state index in [1.54, 1.807) is 0 Å². The van der Waals surface area contributed by atoms with Crippen molar-refractivity contribution in [3.8, 4) is 0 Å². The monoisotopic (exact) mass is 338 g/mol. The molecule has 0 unspecified atom stereocenters. The first kappa shape index (κ1) is 18.8. The van der Waals surface area contributed by atoms with Crippen LogP contribution in [0.1, 0.15) is 20.8 Å². The van der Waals surface area contributed by atoms with Crippen molar-refractivity contribution < 1.29 is 19.2 Å². The first-order valence-corrected chi connectivity index (χ1v) is 10.3. The lowest BCUT2D eigenvalue weighted by atomic mass is 10.2. The number of benzene rings is 2. The summed E-state index contributed by atoms with van der Waals surface area (Å²) in [5.41, 5.74) is 0. The second kappa shape index (κ2) is 7.86. The average Bonchev–Trinajstić information content (AvgIpc) is 2.38. The molecule has 4 nitrogen and oxygen atoms in total. The molecule has 0 radical (unpaired) electrons. The maximum absolute atomic E-state index is 8.88. The van der Waals surface area contributed by atoms with Gasteiger partial charge in [0.15, 0.2) is 0 Å². The fraction of sp³-hybridized carbons (Fsp3) is 0.250. The zero-order chi connectivity index (χ0) is 16.8. The van der Waals surface area contributed by atoms with Gasteiger partial charge >= 0.3 is 7.82 Å². The van der Waals surface area contributed by atoms with Crippen molar-refractivity contribution in [1.82, 2.24) is 0 Å². The van der Waals surface area contributed by atoms with Crippen LogP contribution in [0.4, 0.5) is 0 Å². The van der Waals surface area contributed by atoms with Gasteiger partial charge in [0.25, 0.3) is 0 Å². The highest BCUT2D eigenvalue weighted by molar-refractivity contribution is 7.45. The number of phosphoric acid groups is 1. The van der Waals surface area contributed by atoms with E-state index in [1.165, 1.54) is 10.4 Å². The van der Waals surface area contributed by atoms with Crippen LogP contribution in [0.3, 0.4) is 0 Å². The van der Waals surface area contributed by atoms with E-state index < -0.39 is 16.6 Å². The van der Waals surface area contributed by atoms with Gasteiger partial charge in [-0.05, 0) is 5.04 Å². The molecular formula is C16H23O4PSi. The van der Waals surface area contributed by atoms with Crippen molar-refractivity contribution in [2.75, 3.05) is 0 Å². The van der Waals surface area contributed by atoms with Gasteiger partial charge in [0, 0.05) is 0 Å². The van der Waals surface area contributed by atoms with Crippen molar-refractivity contribution in [2.45, 2.75) is 25.8 Å². The average molecular weight is 338 g/mol. The summed E-state index contributed by atoms with van der Waals surface area (Å²) in [4.78, 5) is 21.6. The Bertz CT molecular complexity index is 557. The molecule has 0 aliphatic rings. The highest BCUT2D eigenvalue weighted by Gasteiger charge is 2.29. The van der Waals surface area contributed by atoms with E-state index >= 15 is 0 Å². The van der Waals surface area contributed by atoms with Crippen molar-refractivity contribution in [3.63, 3.8) is 0 Å². The molecule has 120 valence electrons. The summed E-state index contributed by atoms with van der Waals surface area (Å²) in [6.45, 7) is 7.09. The van der Waals surface area contributed by atoms with Gasteiger partial charge < -0.3 is 14.7 Å². The Kier molecular flexibility index (Phi) is 6.72. The molecule has 22 heavy (non-hydrogen) atoms. The van der Waals surface area contributed by atoms with Crippen LogP contribution in [0.2, 0.25) is 5.04 Å². The van der Waals surface area contributed by atoms with Gasteiger partial charge in [-0.15, -0.1) is 0 Å². The lowest BCUT2D eigenvalue weighted by Crippen LogP contribution is -2.48. The Morgan fingerprint density at radius 2 is 1.05 bits per heavy atom. The van der Waals surface area contributed by atoms with Gasteiger partial charge in [0.05, 0.1) is 0 Å². The van der Waals surface area contributed by atoms with Crippen LogP contribution in [-0.4, -0.2) is 23.5 Å². The second-order valence-corrected chi connectivity index (χ2v) is 11.1. The predicted octanol–water partition coefficient (Wildman–Crippen LogP) is 1.90. The Balaban J connectivity index is 0.000000422. The van der Waals surface area contributed by atoms with Crippen molar-refractivity contribution >= 4 is 27.0 Å². The quantitative estimate of drug-likeness (QED) is 0.577. The minimum atomic E-state index is -4.64. The van der Waals surface area contributed by atoms with E-state index in [2.05, 4.69) is 81.4 Å². The van der Waals surface area contributed by atoms with E-state index in [0.717, 1.165) is 0 Å². The highest BCUT2D eigenvalue weighted by atomic mass is 31.2. The fourth-order valence-corrected chi connectivity index (χ4v) is 6.08. The Hall–Kier alpha value is -1.23. The zero-order valence-electron chi connectivity index (χ0n) is 13.0. The van der Waals surface area contributed by atoms with Crippen molar-refractivity contribution in [3.05, 3.63) is 60.7 Å². The van der Waals surface area contributed by atoms with Gasteiger partial charge in [0.2, 0.25) is 0 Å². The Morgan fingerprint density at radius 3 is 1.27 bits per heavy atom. The summed E-state index contributed by atoms with van der Waals surface area (Å²) >= 11 is 0. The molecule has 0 aliphatic heterocycles. The van der Waals surface area contributed by atoms with Gasteiger partial charge in [-0.2, -0.15) is 0 Å². The van der Waals surface area contributed by atoms with E-state index in [1.807, 2.05) is 0 Å². The fourth-order valence-electron chi connectivity index (χ4n) is 2.48. The topological polar surface area (TPSA) is 77.8 Å². The molecule has 0 amide bonds. The summed E-state index contributed by atoms with van der Waals surface area (Å²) in [5, 5.41) is 3.43. The van der Waals surface area contributed by atoms with Crippen LogP contribution in [-0.2, 0) is 4.57 Å². The molecule has 0 saturated heterocycles. The molecule has 0 atom stereocenters. The molecule has 6 heteroatoms. The largest absolute Gasteiger partial charge is 0.466 e. The van der Waals surface area contributed by atoms with Crippen LogP contribution >= 0.6 is 7.82 Å². The molecule has 2 rings (SSSR count). The molecule has 0 heterocycles. The van der Waals surface area contributed by atoms with E-state index in [-0.39, 0.29) is 0 Å². The van der Waals surface area contributed by atoms with Crippen LogP contribution in [0.5, 0.6) is 0 Å². The molecule has 0 aliphatic carbocycles. The third-order valence-corrected chi connectivity index (χ3v) is 6.97. The normalized spacial score (nSPS) is 11.8. The molecule has 0 bridgehead atoms. The summed E-state index contributed by atoms with van der Waals surface area (Å²) < 4.78 is 8.88. The summed E-state index contributed by atoms with van der Waals surface area (Å²) in [6.07, 6.45) is 0. The lowest BCUT2D eigenvalue weighted by Gasteiger charge is -2.30. The molecule has 2 aromatic carbocycles. The highest BCUT2D eigenvalue weighted by Crippen LogP contribution is 2.26. The minimum Gasteiger partial charge on any atom is -0.303 e. The summed E-state index contributed by atoms with van der Waals surface area (Å²) in [6, 6.07) is 22.0. The van der Waals surface area contributed by atoms with Crippen LogP contribution in [0, 0.1) is 0 Å². The molecular weight excluding hydrogens is 315 g/mol. The Morgan fingerprint density at radius 1 is 0.773 bits per heavy atom. The van der Waals surface area contributed by atoms with Crippen LogP contribution < -0.4 is 10.4 Å². The third-order valence-electron chi connectivity index (χ3n) is 3.13. The maximum Gasteiger partial charge on any atom is 0.466 e. The minimum absolute atomic E-state index is 0.364. The van der Waals surface area contributed by atoms with Crippen LogP contribution in [0.25, 0.3) is 0 Å². The number of hydrogen-bond acceptors (Lipinski definition) is 1. The second-order valence-electron chi connectivity index (χ2n) is 6.13. The molecule has 0 spiro atoms. The molecule has 0 aromatic heterocycles. The van der Waals surface area contributed by atoms with E-state index in [0.29, 0.717) is 5.04 Å². The lowest BCUT2D eigenvalue weighted by molar-refractivity contribution is 0.275. The summed E-state index contributed by atoms with van der Waals surface area (Å²) in [7, 11) is -5.78. The number of hydrogen-bond donors (Lipinski definition) is 3. The summed E-state index contributed by atoms with van der Waals surface area (Å²) in [5.74, 6) is 0.